The lowest BCUT2D eigenvalue weighted by Crippen LogP contribution is -2.16. The Balaban J connectivity index is 1.96. The minimum Gasteiger partial charge on any atom is -0.508 e. The number of carbonyl (C=O) groups excluding carboxylic acids is 1. The average molecular weight is 372 g/mol. The van der Waals surface area contributed by atoms with Crippen LogP contribution in [0.4, 0.5) is 5.69 Å². The zero-order valence-electron chi connectivity index (χ0n) is 12.1. The summed E-state index contributed by atoms with van der Waals surface area (Å²) in [4.78, 5) is 12.0. The van der Waals surface area contributed by atoms with E-state index < -0.39 is 5.91 Å². The first-order valence-electron chi connectivity index (χ1n) is 6.77. The van der Waals surface area contributed by atoms with E-state index in [1.165, 1.54) is 18.3 Å². The minimum atomic E-state index is -0.514. The molecule has 0 spiro atoms. The molecule has 23 heavy (non-hydrogen) atoms. The Morgan fingerprint density at radius 2 is 2.00 bits per heavy atom. The van der Waals surface area contributed by atoms with Gasteiger partial charge in [0.15, 0.2) is 0 Å². The highest BCUT2D eigenvalue weighted by Gasteiger charge is 2.09. The standard InChI is InChI=1S/C17H14BrN3O2/c18-14-3-1-2-12(8-14)10-20-11-13(9-19)17(23)21-15-4-6-16(22)7-5-15/h1-8,11,20,22H,10H2,(H,21,23)/b13-11-. The molecule has 0 unspecified atom stereocenters. The van der Waals surface area contributed by atoms with Crippen LogP contribution in [0.3, 0.4) is 0 Å². The molecular formula is C17H14BrN3O2. The Bertz CT molecular complexity index is 764. The summed E-state index contributed by atoms with van der Waals surface area (Å²) >= 11 is 3.38. The molecule has 1 amide bonds. The molecule has 2 aromatic carbocycles. The molecule has 5 nitrogen and oxygen atoms in total. The summed E-state index contributed by atoms with van der Waals surface area (Å²) in [5.74, 6) is -0.408. The molecular weight excluding hydrogens is 358 g/mol. The summed E-state index contributed by atoms with van der Waals surface area (Å²) in [6, 6.07) is 15.6. The minimum absolute atomic E-state index is 0.0342. The van der Waals surface area contributed by atoms with Gasteiger partial charge in [0.05, 0.1) is 0 Å². The second kappa shape index (κ2) is 8.01. The Kier molecular flexibility index (Phi) is 5.78. The van der Waals surface area contributed by atoms with Gasteiger partial charge in [0, 0.05) is 22.9 Å². The van der Waals surface area contributed by atoms with Gasteiger partial charge in [0.2, 0.25) is 0 Å². The van der Waals surface area contributed by atoms with Gasteiger partial charge >= 0.3 is 0 Å². The predicted molar refractivity (Wildman–Crippen MR) is 91.4 cm³/mol. The number of carbonyl (C=O) groups is 1. The number of hydrogen-bond acceptors (Lipinski definition) is 4. The first-order valence-corrected chi connectivity index (χ1v) is 7.56. The highest BCUT2D eigenvalue weighted by Crippen LogP contribution is 2.14. The third-order valence-electron chi connectivity index (χ3n) is 2.93. The number of amides is 1. The molecule has 0 fully saturated rings. The molecule has 116 valence electrons. The quantitative estimate of drug-likeness (QED) is 0.427. The van der Waals surface area contributed by atoms with Crippen LogP contribution in [-0.4, -0.2) is 11.0 Å². The van der Waals surface area contributed by atoms with Crippen molar-refractivity contribution in [3.8, 4) is 11.8 Å². The summed E-state index contributed by atoms with van der Waals surface area (Å²) in [6.45, 7) is 0.497. The number of nitrogens with zero attached hydrogens (tertiary/aromatic N) is 1. The zero-order valence-corrected chi connectivity index (χ0v) is 13.7. The average Bonchev–Trinajstić information content (AvgIpc) is 2.54. The van der Waals surface area contributed by atoms with Crippen molar-refractivity contribution in [1.82, 2.24) is 5.32 Å². The van der Waals surface area contributed by atoms with Gasteiger partial charge in [-0.2, -0.15) is 5.26 Å². The number of aromatic hydroxyl groups is 1. The summed E-state index contributed by atoms with van der Waals surface area (Å²) in [7, 11) is 0. The maximum Gasteiger partial charge on any atom is 0.267 e. The van der Waals surface area contributed by atoms with Crippen LogP contribution in [0.2, 0.25) is 0 Å². The van der Waals surface area contributed by atoms with Crippen LogP contribution >= 0.6 is 15.9 Å². The van der Waals surface area contributed by atoms with Crippen LogP contribution in [-0.2, 0) is 11.3 Å². The van der Waals surface area contributed by atoms with Crippen molar-refractivity contribution in [2.45, 2.75) is 6.54 Å². The maximum absolute atomic E-state index is 12.0. The third-order valence-corrected chi connectivity index (χ3v) is 3.43. The monoisotopic (exact) mass is 371 g/mol. The van der Waals surface area contributed by atoms with Crippen molar-refractivity contribution < 1.29 is 9.90 Å². The lowest BCUT2D eigenvalue weighted by molar-refractivity contribution is -0.112. The van der Waals surface area contributed by atoms with Gasteiger partial charge in [-0.05, 0) is 42.0 Å². The lowest BCUT2D eigenvalue weighted by Gasteiger charge is -2.06. The van der Waals surface area contributed by atoms with Gasteiger partial charge in [0.25, 0.3) is 5.91 Å². The second-order valence-electron chi connectivity index (χ2n) is 4.68. The highest BCUT2D eigenvalue weighted by atomic mass is 79.9. The number of nitrogens with one attached hydrogen (secondary N) is 2. The van der Waals surface area contributed by atoms with E-state index in [-0.39, 0.29) is 11.3 Å². The zero-order chi connectivity index (χ0) is 16.7. The van der Waals surface area contributed by atoms with E-state index in [0.29, 0.717) is 12.2 Å². The second-order valence-corrected chi connectivity index (χ2v) is 5.60. The van der Waals surface area contributed by atoms with E-state index >= 15 is 0 Å². The molecule has 0 bridgehead atoms. The molecule has 6 heteroatoms. The van der Waals surface area contributed by atoms with Gasteiger partial charge in [0.1, 0.15) is 17.4 Å². The van der Waals surface area contributed by atoms with Crippen molar-refractivity contribution in [3.05, 3.63) is 70.3 Å². The maximum atomic E-state index is 12.0. The fourth-order valence-corrected chi connectivity index (χ4v) is 2.26. The fourth-order valence-electron chi connectivity index (χ4n) is 1.81. The summed E-state index contributed by atoms with van der Waals surface area (Å²) in [6.07, 6.45) is 1.39. The first kappa shape index (κ1) is 16.6. The number of phenols is 1. The Labute approximate surface area is 142 Å². The van der Waals surface area contributed by atoms with Crippen LogP contribution in [0.5, 0.6) is 5.75 Å². The van der Waals surface area contributed by atoms with Crippen LogP contribution in [0, 0.1) is 11.3 Å². The normalized spacial score (nSPS) is 10.7. The van der Waals surface area contributed by atoms with Crippen LogP contribution < -0.4 is 10.6 Å². The van der Waals surface area contributed by atoms with Crippen molar-refractivity contribution in [1.29, 1.82) is 5.26 Å². The molecule has 3 N–H and O–H groups in total. The molecule has 0 aromatic heterocycles. The highest BCUT2D eigenvalue weighted by molar-refractivity contribution is 9.10. The van der Waals surface area contributed by atoms with E-state index in [0.717, 1.165) is 10.0 Å². The number of rotatable bonds is 5. The molecule has 2 rings (SSSR count). The molecule has 0 atom stereocenters. The van der Waals surface area contributed by atoms with Crippen molar-refractivity contribution >= 4 is 27.5 Å². The van der Waals surface area contributed by atoms with E-state index in [4.69, 9.17) is 5.26 Å². The largest absolute Gasteiger partial charge is 0.508 e. The number of halogens is 1. The number of phenolic OH excluding ortho intramolecular Hbond substituents is 1. The predicted octanol–water partition coefficient (Wildman–Crippen LogP) is 3.29. The van der Waals surface area contributed by atoms with E-state index in [1.54, 1.807) is 12.1 Å². The molecule has 0 aliphatic rings. The Hall–Kier alpha value is -2.78. The van der Waals surface area contributed by atoms with Gasteiger partial charge < -0.3 is 15.7 Å². The number of benzene rings is 2. The van der Waals surface area contributed by atoms with Crippen LogP contribution in [0.15, 0.2) is 64.8 Å². The Morgan fingerprint density at radius 1 is 1.26 bits per heavy atom. The summed E-state index contributed by atoms with van der Waals surface area (Å²) in [5.41, 5.74) is 1.49. The molecule has 0 aliphatic heterocycles. The molecule has 2 aromatic rings. The van der Waals surface area contributed by atoms with Crippen molar-refractivity contribution in [3.63, 3.8) is 0 Å². The summed E-state index contributed by atoms with van der Waals surface area (Å²) in [5, 5.41) is 23.8. The molecule has 0 saturated carbocycles. The van der Waals surface area contributed by atoms with Crippen LogP contribution in [0.1, 0.15) is 5.56 Å². The smallest absolute Gasteiger partial charge is 0.267 e. The van der Waals surface area contributed by atoms with Gasteiger partial charge in [-0.3, -0.25) is 4.79 Å². The first-order chi connectivity index (χ1) is 11.1. The molecule has 0 saturated heterocycles. The number of hydrogen-bond donors (Lipinski definition) is 3. The number of anilines is 1. The van der Waals surface area contributed by atoms with E-state index in [2.05, 4.69) is 26.6 Å². The third kappa shape index (κ3) is 5.16. The van der Waals surface area contributed by atoms with Crippen LogP contribution in [0.25, 0.3) is 0 Å². The van der Waals surface area contributed by atoms with Gasteiger partial charge in [-0.25, -0.2) is 0 Å². The summed E-state index contributed by atoms with van der Waals surface area (Å²) < 4.78 is 0.964. The van der Waals surface area contributed by atoms with E-state index in [9.17, 15) is 9.90 Å². The number of nitriles is 1. The lowest BCUT2D eigenvalue weighted by atomic mass is 10.2. The fraction of sp³-hybridized carbons (Fsp3) is 0.0588. The van der Waals surface area contributed by atoms with E-state index in [1.807, 2.05) is 30.3 Å². The van der Waals surface area contributed by atoms with Crippen molar-refractivity contribution in [2.75, 3.05) is 5.32 Å². The SMILES string of the molecule is N#C/C(=C/NCc1cccc(Br)c1)C(=O)Nc1ccc(O)cc1. The van der Waals surface area contributed by atoms with Gasteiger partial charge in [-0.1, -0.05) is 28.1 Å². The topological polar surface area (TPSA) is 85.2 Å². The van der Waals surface area contributed by atoms with Crippen molar-refractivity contribution in [2.24, 2.45) is 0 Å². The molecule has 0 aliphatic carbocycles. The Morgan fingerprint density at radius 3 is 2.65 bits per heavy atom. The molecule has 0 heterocycles. The molecule has 0 radical (unpaired) electrons. The van der Waals surface area contributed by atoms with Gasteiger partial charge in [-0.15, -0.1) is 0 Å².